The van der Waals surface area contributed by atoms with Crippen LogP contribution in [-0.4, -0.2) is 60.9 Å². The quantitative estimate of drug-likeness (QED) is 0.464. The van der Waals surface area contributed by atoms with Crippen LogP contribution in [0.3, 0.4) is 0 Å². The average molecular weight is 277 g/mol. The van der Waals surface area contributed by atoms with Gasteiger partial charge in [0, 0.05) is 0 Å². The van der Waals surface area contributed by atoms with E-state index in [4.69, 9.17) is 4.74 Å². The average Bonchev–Trinajstić information content (AvgIpc) is 2.85. The maximum absolute atomic E-state index is 12.7. The van der Waals surface area contributed by atoms with E-state index >= 15 is 0 Å². The fourth-order valence-corrected chi connectivity index (χ4v) is 1.93. The summed E-state index contributed by atoms with van der Waals surface area (Å²) in [5.74, 6) is -0.620. The van der Waals surface area contributed by atoms with Gasteiger partial charge in [-0.2, -0.15) is 4.57 Å². The second kappa shape index (κ2) is 5.17. The number of nitro groups is 1. The molecule has 1 saturated heterocycles. The Bertz CT molecular complexity index is 467. The Labute approximate surface area is 106 Å². The molecule has 19 heavy (non-hydrogen) atoms. The lowest BCUT2D eigenvalue weighted by molar-refractivity contribution is -0.400. The second-order valence-corrected chi connectivity index (χ2v) is 4.08. The molecular formula is C9H12FN3O6. The summed E-state index contributed by atoms with van der Waals surface area (Å²) in [6.45, 7) is -1.11. The summed E-state index contributed by atoms with van der Waals surface area (Å²) in [4.78, 5) is 13.4. The molecule has 0 aromatic carbocycles. The van der Waals surface area contributed by atoms with E-state index in [9.17, 15) is 29.8 Å². The third kappa shape index (κ3) is 2.30. The lowest BCUT2D eigenvalue weighted by Gasteiger charge is -2.38. The summed E-state index contributed by atoms with van der Waals surface area (Å²) in [6.07, 6.45) is -5.46. The molecule has 5 atom stereocenters. The lowest BCUT2D eigenvalue weighted by atomic mass is 9.98. The first-order valence-corrected chi connectivity index (χ1v) is 5.40. The molecule has 10 heteroatoms. The SMILES string of the molecule is O=[N+]([O-])c1nccn1[C@@H]1OC(CF)[C@H](O)C(O)C1O. The zero-order chi connectivity index (χ0) is 14.2. The van der Waals surface area contributed by atoms with Crippen LogP contribution in [0, 0.1) is 10.1 Å². The van der Waals surface area contributed by atoms with Gasteiger partial charge >= 0.3 is 5.95 Å². The smallest absolute Gasteiger partial charge is 0.390 e. The molecule has 0 aliphatic carbocycles. The summed E-state index contributed by atoms with van der Waals surface area (Å²) in [6, 6.07) is 0. The number of ether oxygens (including phenoxy) is 1. The van der Waals surface area contributed by atoms with Crippen molar-refractivity contribution in [2.24, 2.45) is 0 Å². The molecule has 1 aromatic heterocycles. The molecular weight excluding hydrogens is 265 g/mol. The minimum atomic E-state index is -1.68. The van der Waals surface area contributed by atoms with E-state index < -0.39 is 48.2 Å². The van der Waals surface area contributed by atoms with Gasteiger partial charge in [-0.05, 0) is 4.92 Å². The van der Waals surface area contributed by atoms with Gasteiger partial charge in [0.05, 0.1) is 0 Å². The Hall–Kier alpha value is -1.62. The molecule has 0 radical (unpaired) electrons. The maximum atomic E-state index is 12.7. The highest BCUT2D eigenvalue weighted by atomic mass is 19.1. The summed E-state index contributed by atoms with van der Waals surface area (Å²) in [7, 11) is 0. The van der Waals surface area contributed by atoms with E-state index in [2.05, 4.69) is 4.98 Å². The third-order valence-electron chi connectivity index (χ3n) is 2.92. The van der Waals surface area contributed by atoms with Gasteiger partial charge in [-0.3, -0.25) is 0 Å². The molecule has 3 N–H and O–H groups in total. The van der Waals surface area contributed by atoms with Crippen LogP contribution in [0.1, 0.15) is 6.23 Å². The number of nitrogens with zero attached hydrogens (tertiary/aromatic N) is 3. The van der Waals surface area contributed by atoms with Crippen LogP contribution in [0.5, 0.6) is 0 Å². The van der Waals surface area contributed by atoms with Crippen molar-refractivity contribution < 1.29 is 29.4 Å². The molecule has 1 aliphatic rings. The maximum Gasteiger partial charge on any atom is 0.436 e. The first-order valence-electron chi connectivity index (χ1n) is 5.40. The summed E-state index contributed by atoms with van der Waals surface area (Å²) < 4.78 is 18.6. The number of alkyl halides is 1. The predicted octanol–water partition coefficient (Wildman–Crippen LogP) is -1.26. The van der Waals surface area contributed by atoms with E-state index in [-0.39, 0.29) is 0 Å². The van der Waals surface area contributed by atoms with Crippen LogP contribution in [0.4, 0.5) is 10.3 Å². The van der Waals surface area contributed by atoms with Gasteiger partial charge in [0.2, 0.25) is 6.23 Å². The molecule has 9 nitrogen and oxygen atoms in total. The first-order chi connectivity index (χ1) is 8.97. The van der Waals surface area contributed by atoms with Crippen LogP contribution in [0.2, 0.25) is 0 Å². The highest BCUT2D eigenvalue weighted by molar-refractivity contribution is 5.09. The van der Waals surface area contributed by atoms with E-state index in [1.807, 2.05) is 0 Å². The minimum Gasteiger partial charge on any atom is -0.390 e. The predicted molar refractivity (Wildman–Crippen MR) is 56.8 cm³/mol. The van der Waals surface area contributed by atoms with Gasteiger partial charge in [0.15, 0.2) is 0 Å². The normalized spacial score (nSPS) is 35.3. The molecule has 0 bridgehead atoms. The van der Waals surface area contributed by atoms with Crippen molar-refractivity contribution >= 4 is 5.95 Å². The van der Waals surface area contributed by atoms with Crippen molar-refractivity contribution in [2.75, 3.05) is 6.67 Å². The zero-order valence-corrected chi connectivity index (χ0v) is 9.53. The fourth-order valence-electron chi connectivity index (χ4n) is 1.93. The molecule has 106 valence electrons. The number of halogens is 1. The van der Waals surface area contributed by atoms with E-state index in [0.717, 1.165) is 17.0 Å². The Morgan fingerprint density at radius 1 is 1.42 bits per heavy atom. The van der Waals surface area contributed by atoms with Crippen molar-refractivity contribution in [3.8, 4) is 0 Å². The molecule has 2 rings (SSSR count). The molecule has 1 aliphatic heterocycles. The van der Waals surface area contributed by atoms with Gasteiger partial charge in [-0.1, -0.05) is 4.98 Å². The lowest BCUT2D eigenvalue weighted by Crippen LogP contribution is -2.56. The van der Waals surface area contributed by atoms with Gasteiger partial charge in [0.1, 0.15) is 43.5 Å². The molecule has 0 saturated carbocycles. The van der Waals surface area contributed by atoms with Crippen molar-refractivity contribution in [1.82, 2.24) is 9.55 Å². The van der Waals surface area contributed by atoms with Crippen molar-refractivity contribution in [1.29, 1.82) is 0 Å². The highest BCUT2D eigenvalue weighted by Crippen LogP contribution is 2.30. The molecule has 0 amide bonds. The Kier molecular flexibility index (Phi) is 3.75. The summed E-state index contributed by atoms with van der Waals surface area (Å²) >= 11 is 0. The Balaban J connectivity index is 2.32. The number of aliphatic hydroxyl groups is 3. The molecule has 2 heterocycles. The number of hydrogen-bond donors (Lipinski definition) is 3. The van der Waals surface area contributed by atoms with Crippen LogP contribution >= 0.6 is 0 Å². The monoisotopic (exact) mass is 277 g/mol. The number of aromatic nitrogens is 2. The fraction of sp³-hybridized carbons (Fsp3) is 0.667. The van der Waals surface area contributed by atoms with E-state index in [0.29, 0.717) is 0 Å². The van der Waals surface area contributed by atoms with Crippen molar-refractivity contribution in [2.45, 2.75) is 30.6 Å². The minimum absolute atomic E-state index is 0.620. The van der Waals surface area contributed by atoms with E-state index in [1.54, 1.807) is 0 Å². The molecule has 3 unspecified atom stereocenters. The largest absolute Gasteiger partial charge is 0.436 e. The zero-order valence-electron chi connectivity index (χ0n) is 9.53. The van der Waals surface area contributed by atoms with Gasteiger partial charge < -0.3 is 30.2 Å². The van der Waals surface area contributed by atoms with Crippen molar-refractivity contribution in [3.05, 3.63) is 22.5 Å². The number of rotatable bonds is 3. The van der Waals surface area contributed by atoms with E-state index in [1.165, 1.54) is 0 Å². The third-order valence-corrected chi connectivity index (χ3v) is 2.92. The summed E-state index contributed by atoms with van der Waals surface area (Å²) in [5.41, 5.74) is 0. The number of imidazole rings is 1. The van der Waals surface area contributed by atoms with Gasteiger partial charge in [-0.25, -0.2) is 4.39 Å². The number of aliphatic hydroxyl groups excluding tert-OH is 3. The number of hydrogen-bond acceptors (Lipinski definition) is 7. The molecule has 0 spiro atoms. The Morgan fingerprint density at radius 2 is 2.11 bits per heavy atom. The van der Waals surface area contributed by atoms with Crippen molar-refractivity contribution in [3.63, 3.8) is 0 Å². The van der Waals surface area contributed by atoms with Crippen LogP contribution in [0.25, 0.3) is 0 Å². The highest BCUT2D eigenvalue weighted by Gasteiger charge is 2.47. The van der Waals surface area contributed by atoms with Crippen LogP contribution < -0.4 is 0 Å². The first kappa shape index (κ1) is 13.8. The molecule has 1 fully saturated rings. The topological polar surface area (TPSA) is 131 Å². The summed E-state index contributed by atoms with van der Waals surface area (Å²) in [5, 5.41) is 39.6. The van der Waals surface area contributed by atoms with Crippen LogP contribution in [0.15, 0.2) is 12.4 Å². The van der Waals surface area contributed by atoms with Crippen LogP contribution in [-0.2, 0) is 4.74 Å². The van der Waals surface area contributed by atoms with Gasteiger partial charge in [-0.15, -0.1) is 0 Å². The Morgan fingerprint density at radius 3 is 2.68 bits per heavy atom. The van der Waals surface area contributed by atoms with Gasteiger partial charge in [0.25, 0.3) is 0 Å². The second-order valence-electron chi connectivity index (χ2n) is 4.08. The standard InChI is InChI=1S/C9H12FN3O6/c10-3-4-5(14)6(15)7(16)8(19-4)12-2-1-11-9(12)13(17)18/h1-2,4-8,14-16H,3H2/t4?,5-,6?,7?,8+/m0/s1. The molecule has 1 aromatic rings.